The van der Waals surface area contributed by atoms with E-state index in [9.17, 15) is 13.4 Å². The number of amides is 1. The van der Waals surface area contributed by atoms with Gasteiger partial charge in [0, 0.05) is 33.5 Å². The van der Waals surface area contributed by atoms with Crippen LogP contribution in [0.2, 0.25) is 5.02 Å². The maximum Gasteiger partial charge on any atom is 0.257 e. The number of rotatable bonds is 4. The number of carbonyl (C=O) groups is 1. The van der Waals surface area contributed by atoms with E-state index in [2.05, 4.69) is 5.32 Å². The summed E-state index contributed by atoms with van der Waals surface area (Å²) in [5, 5.41) is 2.71. The number of benzene rings is 2. The van der Waals surface area contributed by atoms with Gasteiger partial charge in [0.25, 0.3) is 5.91 Å². The molecule has 0 bridgehead atoms. The highest BCUT2D eigenvalue weighted by Crippen LogP contribution is 2.23. The van der Waals surface area contributed by atoms with Crippen LogP contribution in [-0.4, -0.2) is 16.4 Å². The van der Waals surface area contributed by atoms with Crippen LogP contribution in [0.5, 0.6) is 0 Å². The Labute approximate surface area is 134 Å². The summed E-state index contributed by atoms with van der Waals surface area (Å²) in [5.41, 5.74) is 6.61. The Balaban J connectivity index is 2.24. The van der Waals surface area contributed by atoms with Crippen molar-refractivity contribution in [1.82, 2.24) is 0 Å². The molecule has 0 unspecified atom stereocenters. The zero-order valence-corrected chi connectivity index (χ0v) is 13.3. The standard InChI is InChI=1S/C15H14ClFN2O2S/c1-22(21)8-9-3-2-4-11(5-9)19-15(20)12-6-10(16)7-13(17)14(12)18/h2-7H,8,18H2,1H3,(H,19,20)/t22-/m0/s1. The van der Waals surface area contributed by atoms with Crippen LogP contribution in [0.3, 0.4) is 0 Å². The van der Waals surface area contributed by atoms with Gasteiger partial charge in [-0.15, -0.1) is 0 Å². The molecular formula is C15H14ClFN2O2S. The molecule has 0 saturated heterocycles. The molecule has 0 fully saturated rings. The SMILES string of the molecule is C[S@](=O)Cc1cccc(NC(=O)c2cc(Cl)cc(F)c2N)c1. The number of nitrogen functional groups attached to an aromatic ring is 1. The van der Waals surface area contributed by atoms with Gasteiger partial charge >= 0.3 is 0 Å². The average Bonchev–Trinajstić information content (AvgIpc) is 2.42. The third-order valence-corrected chi connectivity index (χ3v) is 3.85. The van der Waals surface area contributed by atoms with Gasteiger partial charge in [0.15, 0.2) is 0 Å². The van der Waals surface area contributed by atoms with Crippen LogP contribution in [0.25, 0.3) is 0 Å². The van der Waals surface area contributed by atoms with Crippen molar-refractivity contribution in [2.24, 2.45) is 0 Å². The fourth-order valence-electron chi connectivity index (χ4n) is 1.94. The first kappa shape index (κ1) is 16.5. The van der Waals surface area contributed by atoms with Gasteiger partial charge in [0.05, 0.1) is 11.3 Å². The van der Waals surface area contributed by atoms with Crippen molar-refractivity contribution in [2.45, 2.75) is 5.75 Å². The molecule has 2 aromatic rings. The molecule has 0 saturated carbocycles. The molecule has 1 amide bonds. The van der Waals surface area contributed by atoms with Gasteiger partial charge in [0.1, 0.15) is 5.82 Å². The van der Waals surface area contributed by atoms with Gasteiger partial charge in [-0.2, -0.15) is 0 Å². The molecule has 4 nitrogen and oxygen atoms in total. The molecule has 0 heterocycles. The Bertz CT molecular complexity index is 752. The van der Waals surface area contributed by atoms with Crippen LogP contribution in [-0.2, 0) is 16.6 Å². The third-order valence-electron chi connectivity index (χ3n) is 2.89. The number of hydrogen-bond acceptors (Lipinski definition) is 3. The van der Waals surface area contributed by atoms with E-state index in [0.29, 0.717) is 11.4 Å². The lowest BCUT2D eigenvalue weighted by atomic mass is 10.1. The topological polar surface area (TPSA) is 72.2 Å². The highest BCUT2D eigenvalue weighted by Gasteiger charge is 2.15. The molecule has 1 atom stereocenters. The number of hydrogen-bond donors (Lipinski definition) is 2. The Morgan fingerprint density at radius 3 is 2.77 bits per heavy atom. The lowest BCUT2D eigenvalue weighted by Gasteiger charge is -2.10. The van der Waals surface area contributed by atoms with Crippen molar-refractivity contribution in [2.75, 3.05) is 17.3 Å². The number of anilines is 2. The van der Waals surface area contributed by atoms with Crippen LogP contribution in [0.15, 0.2) is 36.4 Å². The second-order valence-electron chi connectivity index (χ2n) is 4.72. The number of carbonyl (C=O) groups excluding carboxylic acids is 1. The van der Waals surface area contributed by atoms with Gasteiger partial charge in [-0.25, -0.2) is 4.39 Å². The molecule has 0 aliphatic rings. The van der Waals surface area contributed by atoms with Gasteiger partial charge in [-0.3, -0.25) is 9.00 Å². The van der Waals surface area contributed by atoms with E-state index in [1.54, 1.807) is 24.5 Å². The van der Waals surface area contributed by atoms with Crippen molar-refractivity contribution in [3.05, 3.63) is 58.4 Å². The van der Waals surface area contributed by atoms with Gasteiger partial charge in [-0.1, -0.05) is 23.7 Å². The van der Waals surface area contributed by atoms with Gasteiger partial charge in [0.2, 0.25) is 0 Å². The Hall–Kier alpha value is -1.92. The molecule has 2 rings (SSSR count). The minimum atomic E-state index is -0.983. The van der Waals surface area contributed by atoms with E-state index >= 15 is 0 Å². The van der Waals surface area contributed by atoms with Crippen LogP contribution < -0.4 is 11.1 Å². The predicted molar refractivity (Wildman–Crippen MR) is 88.0 cm³/mol. The smallest absolute Gasteiger partial charge is 0.257 e. The maximum atomic E-state index is 13.5. The summed E-state index contributed by atoms with van der Waals surface area (Å²) >= 11 is 5.74. The Morgan fingerprint density at radius 1 is 1.36 bits per heavy atom. The molecule has 0 aromatic heterocycles. The first-order chi connectivity index (χ1) is 10.4. The first-order valence-corrected chi connectivity index (χ1v) is 8.42. The quantitative estimate of drug-likeness (QED) is 0.839. The van der Waals surface area contributed by atoms with Gasteiger partial charge < -0.3 is 11.1 Å². The summed E-state index contributed by atoms with van der Waals surface area (Å²) in [4.78, 5) is 12.2. The van der Waals surface area contributed by atoms with Crippen molar-refractivity contribution in [3.8, 4) is 0 Å². The summed E-state index contributed by atoms with van der Waals surface area (Å²) in [7, 11) is -0.983. The number of nitrogens with one attached hydrogen (secondary N) is 1. The second kappa shape index (κ2) is 6.89. The average molecular weight is 341 g/mol. The van der Waals surface area contributed by atoms with Crippen LogP contribution in [0.4, 0.5) is 15.8 Å². The lowest BCUT2D eigenvalue weighted by molar-refractivity contribution is 0.102. The second-order valence-corrected chi connectivity index (χ2v) is 6.59. The molecule has 2 aromatic carbocycles. The largest absolute Gasteiger partial charge is 0.396 e. The molecule has 7 heteroatoms. The Morgan fingerprint density at radius 2 is 2.09 bits per heavy atom. The minimum Gasteiger partial charge on any atom is -0.396 e. The van der Waals surface area contributed by atoms with Gasteiger partial charge in [-0.05, 0) is 29.8 Å². The zero-order chi connectivity index (χ0) is 16.3. The van der Waals surface area contributed by atoms with Crippen molar-refractivity contribution in [1.29, 1.82) is 0 Å². The van der Waals surface area contributed by atoms with Crippen molar-refractivity contribution < 1.29 is 13.4 Å². The summed E-state index contributed by atoms with van der Waals surface area (Å²) in [6.07, 6.45) is 1.60. The minimum absolute atomic E-state index is 0.0329. The Kier molecular flexibility index (Phi) is 5.15. The van der Waals surface area contributed by atoms with E-state index in [0.717, 1.165) is 11.6 Å². The fraction of sp³-hybridized carbons (Fsp3) is 0.133. The van der Waals surface area contributed by atoms with E-state index in [1.807, 2.05) is 6.07 Å². The summed E-state index contributed by atoms with van der Waals surface area (Å²) in [5.74, 6) is -0.918. The molecule has 0 aliphatic heterocycles. The highest BCUT2D eigenvalue weighted by atomic mass is 35.5. The summed E-state index contributed by atoms with van der Waals surface area (Å²) in [6.45, 7) is 0. The van der Waals surface area contributed by atoms with Crippen molar-refractivity contribution >= 4 is 39.7 Å². The monoisotopic (exact) mass is 340 g/mol. The normalized spacial score (nSPS) is 12.0. The van der Waals surface area contributed by atoms with E-state index < -0.39 is 22.5 Å². The number of nitrogens with two attached hydrogens (primary N) is 1. The van der Waals surface area contributed by atoms with Crippen LogP contribution in [0.1, 0.15) is 15.9 Å². The molecule has 0 spiro atoms. The highest BCUT2D eigenvalue weighted by molar-refractivity contribution is 7.83. The number of halogens is 2. The molecule has 0 aliphatic carbocycles. The van der Waals surface area contributed by atoms with E-state index in [1.165, 1.54) is 6.07 Å². The third kappa shape index (κ3) is 4.05. The molecule has 116 valence electrons. The molecule has 0 radical (unpaired) electrons. The predicted octanol–water partition coefficient (Wildman–Crippen LogP) is 3.19. The maximum absolute atomic E-state index is 13.5. The van der Waals surface area contributed by atoms with Crippen molar-refractivity contribution in [3.63, 3.8) is 0 Å². The summed E-state index contributed by atoms with van der Waals surface area (Å²) < 4.78 is 24.8. The van der Waals surface area contributed by atoms with Crippen LogP contribution in [0, 0.1) is 5.82 Å². The molecular weight excluding hydrogens is 327 g/mol. The van der Waals surface area contributed by atoms with E-state index in [4.69, 9.17) is 17.3 Å². The van der Waals surface area contributed by atoms with E-state index in [-0.39, 0.29) is 16.3 Å². The summed E-state index contributed by atoms with van der Waals surface area (Å²) in [6, 6.07) is 9.28. The lowest BCUT2D eigenvalue weighted by Crippen LogP contribution is -2.15. The molecule has 22 heavy (non-hydrogen) atoms. The fourth-order valence-corrected chi connectivity index (χ4v) is 2.80. The molecule has 3 N–H and O–H groups in total. The van der Waals surface area contributed by atoms with Crippen LogP contribution >= 0.6 is 11.6 Å². The zero-order valence-electron chi connectivity index (χ0n) is 11.7. The first-order valence-electron chi connectivity index (χ1n) is 6.31.